The molecule has 4 aliphatic rings. The normalized spacial score (nSPS) is 15.1. The molecule has 4 saturated heterocycles. The number of nitrogens with zero attached hydrogens (tertiary/aromatic N) is 8. The molecule has 0 aliphatic carbocycles. The number of aryl methyl sites for hydroxylation is 9. The Hall–Kier alpha value is -10.9. The number of halogens is 12. The highest BCUT2D eigenvalue weighted by molar-refractivity contribution is 7.99. The van der Waals surface area contributed by atoms with Crippen molar-refractivity contribution in [3.8, 4) is 79.0 Å². The number of alkyl halides is 12. The lowest BCUT2D eigenvalue weighted by Crippen LogP contribution is -2.37. The number of morpholine rings is 1. The number of ether oxygens (including phenoxy) is 7. The van der Waals surface area contributed by atoms with E-state index >= 15 is 0 Å². The third-order valence-electron chi connectivity index (χ3n) is 26.5. The smallest absolute Gasteiger partial charge is 0.497 e. The second-order valence-corrected chi connectivity index (χ2v) is 37.9. The molecule has 4 aliphatic heterocycles. The van der Waals surface area contributed by atoms with Crippen LogP contribution in [-0.4, -0.2) is 180 Å². The van der Waals surface area contributed by atoms with Crippen LogP contribution in [0.25, 0.3) is 88.1 Å². The molecule has 32 heteroatoms. The third kappa shape index (κ3) is 29.3. The van der Waals surface area contributed by atoms with E-state index in [1.54, 1.807) is 31.4 Å². The number of likely N-dealkylation sites (tertiary alicyclic amines) is 2. The number of benzene rings is 9. The highest BCUT2D eigenvalue weighted by Gasteiger charge is 2.36. The van der Waals surface area contributed by atoms with E-state index in [1.165, 1.54) is 90.0 Å². The number of hydrogen-bond acceptors (Lipinski definition) is 16. The van der Waals surface area contributed by atoms with Crippen molar-refractivity contribution in [2.24, 2.45) is 22.9 Å². The van der Waals surface area contributed by atoms with E-state index in [0.29, 0.717) is 51.9 Å². The highest BCUT2D eigenvalue weighted by atomic mass is 32.2. The molecule has 9 aromatic carbocycles. The van der Waals surface area contributed by atoms with E-state index < -0.39 is 25.4 Å². The molecule has 0 bridgehead atoms. The molecule has 0 amide bonds. The molecule has 0 atom stereocenters. The molecular formula is C110H132F12N12O7S. The Labute approximate surface area is 827 Å². The summed E-state index contributed by atoms with van der Waals surface area (Å²) in [5, 5.41) is 4.42. The number of rotatable bonds is 35. The average molecular weight is 1990 g/mol. The van der Waals surface area contributed by atoms with Gasteiger partial charge in [0.2, 0.25) is 0 Å². The van der Waals surface area contributed by atoms with E-state index in [2.05, 4.69) is 154 Å². The maximum atomic E-state index is 12.9. The van der Waals surface area contributed by atoms with Gasteiger partial charge in [-0.05, 0) is 305 Å². The van der Waals surface area contributed by atoms with Gasteiger partial charge >= 0.3 is 25.4 Å². The number of piperidine rings is 2. The van der Waals surface area contributed by atoms with Gasteiger partial charge in [-0.25, -0.2) is 0 Å². The molecule has 4 aromatic heterocycles. The number of nitrogens with two attached hydrogens (primary N) is 4. The first-order valence-electron chi connectivity index (χ1n) is 49.5. The van der Waals surface area contributed by atoms with Crippen LogP contribution in [0.15, 0.2) is 189 Å². The fourth-order valence-corrected chi connectivity index (χ4v) is 20.6. The van der Waals surface area contributed by atoms with Crippen molar-refractivity contribution in [2.75, 3.05) is 110 Å². The van der Waals surface area contributed by atoms with Gasteiger partial charge in [0.15, 0.2) is 0 Å². The fraction of sp³-hybridized carbons (Fsp3) is 0.436. The van der Waals surface area contributed by atoms with Crippen LogP contribution in [0.1, 0.15) is 136 Å². The van der Waals surface area contributed by atoms with Crippen LogP contribution in [0.3, 0.4) is 0 Å². The Bertz CT molecular complexity index is 5890. The van der Waals surface area contributed by atoms with Gasteiger partial charge in [-0.1, -0.05) is 82.6 Å². The summed E-state index contributed by atoms with van der Waals surface area (Å²) in [5.74, 6) is 3.22. The molecule has 0 unspecified atom stereocenters. The second-order valence-electron chi connectivity index (χ2n) is 36.7. The molecule has 8 N–H and O–H groups in total. The van der Waals surface area contributed by atoms with Crippen LogP contribution in [-0.2, 0) is 82.8 Å². The van der Waals surface area contributed by atoms with Crippen LogP contribution in [0.2, 0.25) is 0 Å². The lowest BCUT2D eigenvalue weighted by atomic mass is 9.96. The maximum Gasteiger partial charge on any atom is 0.573 e. The van der Waals surface area contributed by atoms with Crippen LogP contribution in [0.4, 0.5) is 52.7 Å². The van der Waals surface area contributed by atoms with Crippen LogP contribution in [0.5, 0.6) is 34.5 Å². The number of thioether (sulfide) groups is 1. The lowest BCUT2D eigenvalue weighted by Gasteiger charge is -2.32. The van der Waals surface area contributed by atoms with Gasteiger partial charge in [-0.3, -0.25) is 19.6 Å². The molecule has 0 saturated carbocycles. The summed E-state index contributed by atoms with van der Waals surface area (Å²) in [6.45, 7) is 28.4. The topological polar surface area (TPSA) is 201 Å². The minimum Gasteiger partial charge on any atom is -0.497 e. The van der Waals surface area contributed by atoms with E-state index in [9.17, 15) is 52.7 Å². The largest absolute Gasteiger partial charge is 0.573 e. The van der Waals surface area contributed by atoms with Gasteiger partial charge in [0, 0.05) is 200 Å². The Kier molecular flexibility index (Phi) is 37.3. The van der Waals surface area contributed by atoms with Gasteiger partial charge in [0.25, 0.3) is 0 Å². The Morgan fingerprint density at radius 1 is 0.331 bits per heavy atom. The molecule has 4 fully saturated rings. The Balaban J connectivity index is 0.000000151. The number of aromatic nitrogens is 4. The fourth-order valence-electron chi connectivity index (χ4n) is 19.7. The van der Waals surface area contributed by atoms with E-state index in [-0.39, 0.29) is 29.1 Å². The van der Waals surface area contributed by atoms with E-state index in [4.69, 9.17) is 37.1 Å². The standard InChI is InChI=1S/C34H40F3N3O3.C26H32F3N3O.C25H30F3N3O2.C25H30F3N3OS/c1-4-25-19-27(43-34(35,36)37)7-8-30(25)32-22-40(13-5-12-38)33-9-6-24(18-31(32)33)21-39-14-10-26(11-15-39)42-29-17-23(2)16-28(20-29)41-3;1-2-20-16-21(33-26(27,28)29)8-9-22(20)24-18-32(14-6-11-30)25-10-7-19(15-23(24)25)17-31-12-4-3-5-13-31;1-2-19-15-20(33-25(26,27)28)5-6-21(19)23-17-31(9-3-8-29)24-7-4-18(14-22(23)24)16-30-10-12-32-13-11-30;1-2-19-15-20(32-25(26,27)28)5-6-21(19)23-17-31(9-3-8-29)24-7-4-18(14-22(23)24)16-30-10-12-33-13-11-30/h6-9,16-20,22,26H,4-5,10-15,21,38H2,1-3H3;7-10,15-16,18H,2-6,11-14,17,30H2,1H3;2*4-7,14-15,17H,2-3,8-13,16,29H2,1H3. The molecule has 764 valence electrons. The summed E-state index contributed by atoms with van der Waals surface area (Å²) in [6, 6.07) is 50.8. The van der Waals surface area contributed by atoms with Crippen molar-refractivity contribution < 1.29 is 85.8 Å². The lowest BCUT2D eigenvalue weighted by molar-refractivity contribution is -0.275. The number of methoxy groups -OCH3 is 1. The second kappa shape index (κ2) is 49.6. The quantitative estimate of drug-likeness (QED) is 0.0273. The third-order valence-corrected chi connectivity index (χ3v) is 27.4. The first kappa shape index (κ1) is 107. The van der Waals surface area contributed by atoms with Crippen LogP contribution < -0.4 is 51.4 Å². The van der Waals surface area contributed by atoms with Gasteiger partial charge in [0.1, 0.15) is 40.6 Å². The zero-order valence-electron chi connectivity index (χ0n) is 81.8. The predicted molar refractivity (Wildman–Crippen MR) is 543 cm³/mol. The van der Waals surface area contributed by atoms with Gasteiger partial charge < -0.3 is 74.4 Å². The van der Waals surface area contributed by atoms with E-state index in [1.807, 2.05) is 64.6 Å². The Morgan fingerprint density at radius 2 is 0.627 bits per heavy atom. The number of hydrogen-bond donors (Lipinski definition) is 4. The summed E-state index contributed by atoms with van der Waals surface area (Å²) in [4.78, 5) is 9.79. The van der Waals surface area contributed by atoms with E-state index in [0.717, 1.165) is 295 Å². The summed E-state index contributed by atoms with van der Waals surface area (Å²) in [5.41, 5.74) is 44.6. The van der Waals surface area contributed by atoms with Gasteiger partial charge in [-0.2, -0.15) is 11.8 Å². The first-order chi connectivity index (χ1) is 68.3. The summed E-state index contributed by atoms with van der Waals surface area (Å²) in [6.07, 6.45) is 1.17. The van der Waals surface area contributed by atoms with Gasteiger partial charge in [0.05, 0.1) is 20.3 Å². The molecule has 19 nitrogen and oxygen atoms in total. The Morgan fingerprint density at radius 3 is 0.923 bits per heavy atom. The highest BCUT2D eigenvalue weighted by Crippen LogP contribution is 2.44. The molecular weight excluding hydrogens is 1860 g/mol. The zero-order chi connectivity index (χ0) is 101. The molecule has 142 heavy (non-hydrogen) atoms. The minimum atomic E-state index is -4.73. The molecule has 8 heterocycles. The first-order valence-corrected chi connectivity index (χ1v) is 50.6. The predicted octanol–water partition coefficient (Wildman–Crippen LogP) is 24.2. The monoisotopic (exact) mass is 1990 g/mol. The molecule has 0 spiro atoms. The van der Waals surface area contributed by atoms with Gasteiger partial charge in [-0.15, -0.1) is 52.7 Å². The zero-order valence-corrected chi connectivity index (χ0v) is 82.6. The van der Waals surface area contributed by atoms with Crippen LogP contribution in [0, 0.1) is 6.92 Å². The summed E-state index contributed by atoms with van der Waals surface area (Å²) < 4.78 is 196. The van der Waals surface area contributed by atoms with Crippen molar-refractivity contribution in [1.29, 1.82) is 0 Å². The molecule has 17 rings (SSSR count). The SMILES string of the molecule is CCc1cc(OC(F)(F)F)ccc1-c1cn(CCCN)c2ccc(CN3CCC(Oc4cc(C)cc(OC)c4)CC3)cc12.CCc1cc(OC(F)(F)F)ccc1-c1cn(CCCN)c2ccc(CN3CCCCC3)cc12.CCc1cc(OC(F)(F)F)ccc1-c1cn(CCCN)c2ccc(CN3CCOCC3)cc12.CCc1cc(OC(F)(F)F)ccc1-c1cn(CCCN)c2ccc(CN3CCSCC3)cc12. The van der Waals surface area contributed by atoms with Crippen LogP contribution >= 0.6 is 11.8 Å². The molecule has 0 radical (unpaired) electrons. The maximum absolute atomic E-state index is 12.9. The minimum absolute atomic E-state index is 0.158. The molecule has 13 aromatic rings. The average Bonchev–Trinajstić information content (AvgIpc) is 1.64. The number of fused-ring (bicyclic) bond motifs is 4. The summed E-state index contributed by atoms with van der Waals surface area (Å²) >= 11 is 2.00. The van der Waals surface area contributed by atoms with Crippen molar-refractivity contribution in [2.45, 2.75) is 202 Å². The van der Waals surface area contributed by atoms with Crippen molar-refractivity contribution in [3.05, 3.63) is 239 Å². The van der Waals surface area contributed by atoms with Crippen molar-refractivity contribution >= 4 is 55.4 Å². The summed E-state index contributed by atoms with van der Waals surface area (Å²) in [7, 11) is 1.67. The van der Waals surface area contributed by atoms with Crippen molar-refractivity contribution in [1.82, 2.24) is 37.9 Å². The van der Waals surface area contributed by atoms with Crippen molar-refractivity contribution in [3.63, 3.8) is 0 Å².